The molecule has 1 unspecified atom stereocenters. The number of hydrogen-bond donors (Lipinski definition) is 1. The van der Waals surface area contributed by atoms with Gasteiger partial charge in [0.2, 0.25) is 0 Å². The topological polar surface area (TPSA) is 47.3 Å². The SMILES string of the molecule is CC(O)CN(C)C#N. The molecule has 46 valence electrons. The summed E-state index contributed by atoms with van der Waals surface area (Å²) in [5.41, 5.74) is 0. The van der Waals surface area contributed by atoms with Crippen LogP contribution in [-0.2, 0) is 0 Å². The Kier molecular flexibility index (Phi) is 2.97. The van der Waals surface area contributed by atoms with Crippen LogP contribution < -0.4 is 0 Å². The molecule has 0 spiro atoms. The maximum atomic E-state index is 8.66. The molecule has 3 heteroatoms. The second kappa shape index (κ2) is 3.28. The molecule has 0 aromatic carbocycles. The summed E-state index contributed by atoms with van der Waals surface area (Å²) in [4.78, 5) is 1.38. The van der Waals surface area contributed by atoms with Crippen molar-refractivity contribution in [3.05, 3.63) is 0 Å². The number of rotatable bonds is 2. The minimum atomic E-state index is -0.417. The zero-order valence-electron chi connectivity index (χ0n) is 5.13. The van der Waals surface area contributed by atoms with Crippen molar-refractivity contribution in [3.8, 4) is 6.19 Å². The van der Waals surface area contributed by atoms with Crippen LogP contribution in [0.4, 0.5) is 0 Å². The highest BCUT2D eigenvalue weighted by atomic mass is 16.3. The summed E-state index contributed by atoms with van der Waals surface area (Å²) in [7, 11) is 1.63. The van der Waals surface area contributed by atoms with Crippen molar-refractivity contribution in [3.63, 3.8) is 0 Å². The predicted molar refractivity (Wildman–Crippen MR) is 29.9 cm³/mol. The van der Waals surface area contributed by atoms with Crippen molar-refractivity contribution in [2.24, 2.45) is 0 Å². The van der Waals surface area contributed by atoms with Crippen molar-refractivity contribution in [1.82, 2.24) is 4.90 Å². The van der Waals surface area contributed by atoms with Crippen LogP contribution >= 0.6 is 0 Å². The molecule has 0 aromatic rings. The molecule has 0 bridgehead atoms. The molecule has 0 fully saturated rings. The minimum Gasteiger partial charge on any atom is -0.392 e. The van der Waals surface area contributed by atoms with E-state index in [1.165, 1.54) is 4.90 Å². The van der Waals surface area contributed by atoms with E-state index >= 15 is 0 Å². The van der Waals surface area contributed by atoms with Gasteiger partial charge in [0.1, 0.15) is 0 Å². The molecule has 0 saturated carbocycles. The number of likely N-dealkylation sites (N-methyl/N-ethyl adjacent to an activating group) is 1. The lowest BCUT2D eigenvalue weighted by atomic mass is 10.4. The molecule has 0 aliphatic heterocycles. The van der Waals surface area contributed by atoms with Gasteiger partial charge >= 0.3 is 0 Å². The molecule has 0 aliphatic carbocycles. The van der Waals surface area contributed by atoms with Gasteiger partial charge in [-0.2, -0.15) is 5.26 Å². The highest BCUT2D eigenvalue weighted by molar-refractivity contribution is 4.69. The standard InChI is InChI=1S/C5H10N2O/c1-5(8)3-7(2)4-6/h5,8H,3H2,1-2H3. The van der Waals surface area contributed by atoms with Gasteiger partial charge in [-0.05, 0) is 6.92 Å². The number of nitrogens with zero attached hydrogens (tertiary/aromatic N) is 2. The Bertz CT molecular complexity index is 95.1. The molecular formula is C5H10N2O. The Morgan fingerprint density at radius 2 is 2.38 bits per heavy atom. The Morgan fingerprint density at radius 1 is 1.88 bits per heavy atom. The molecule has 0 amide bonds. The van der Waals surface area contributed by atoms with E-state index in [4.69, 9.17) is 10.4 Å². The van der Waals surface area contributed by atoms with Crippen LogP contribution in [0.2, 0.25) is 0 Å². The van der Waals surface area contributed by atoms with Crippen LogP contribution in [-0.4, -0.2) is 29.7 Å². The molecule has 8 heavy (non-hydrogen) atoms. The number of aliphatic hydroxyl groups is 1. The fraction of sp³-hybridized carbons (Fsp3) is 0.800. The summed E-state index contributed by atoms with van der Waals surface area (Å²) in [6.45, 7) is 2.06. The smallest absolute Gasteiger partial charge is 0.179 e. The van der Waals surface area contributed by atoms with Gasteiger partial charge in [-0.25, -0.2) is 0 Å². The molecule has 0 heterocycles. The Labute approximate surface area is 49.1 Å². The van der Waals surface area contributed by atoms with Crippen LogP contribution in [0.5, 0.6) is 0 Å². The molecule has 0 saturated heterocycles. The van der Waals surface area contributed by atoms with E-state index in [1.54, 1.807) is 14.0 Å². The van der Waals surface area contributed by atoms with Gasteiger partial charge in [0.15, 0.2) is 6.19 Å². The van der Waals surface area contributed by atoms with E-state index in [1.807, 2.05) is 6.19 Å². The fourth-order valence-electron chi connectivity index (χ4n) is 0.437. The van der Waals surface area contributed by atoms with Gasteiger partial charge in [-0.3, -0.25) is 0 Å². The van der Waals surface area contributed by atoms with E-state index < -0.39 is 6.10 Å². The lowest BCUT2D eigenvalue weighted by molar-refractivity contribution is 0.164. The Balaban J connectivity index is 3.28. The van der Waals surface area contributed by atoms with E-state index in [-0.39, 0.29) is 0 Å². The third-order valence-electron chi connectivity index (χ3n) is 0.709. The molecule has 0 radical (unpaired) electrons. The predicted octanol–water partition coefficient (Wildman–Crippen LogP) is -0.220. The third-order valence-corrected chi connectivity index (χ3v) is 0.709. The first-order chi connectivity index (χ1) is 3.66. The number of nitriles is 1. The maximum absolute atomic E-state index is 8.66. The normalized spacial score (nSPS) is 12.2. The zero-order valence-corrected chi connectivity index (χ0v) is 5.13. The van der Waals surface area contributed by atoms with Gasteiger partial charge in [0.05, 0.1) is 12.6 Å². The molecular weight excluding hydrogens is 104 g/mol. The number of hydrogen-bond acceptors (Lipinski definition) is 3. The molecule has 3 nitrogen and oxygen atoms in total. The molecule has 1 N–H and O–H groups in total. The summed E-state index contributed by atoms with van der Waals surface area (Å²) in [6.07, 6.45) is 1.45. The molecule has 0 aliphatic rings. The van der Waals surface area contributed by atoms with Crippen LogP contribution in [0.1, 0.15) is 6.92 Å². The van der Waals surface area contributed by atoms with Crippen molar-refractivity contribution in [2.75, 3.05) is 13.6 Å². The molecule has 1 atom stereocenters. The third kappa shape index (κ3) is 3.44. The van der Waals surface area contributed by atoms with Gasteiger partial charge in [0, 0.05) is 7.05 Å². The summed E-state index contributed by atoms with van der Waals surface area (Å²) < 4.78 is 0. The highest BCUT2D eigenvalue weighted by Gasteiger charge is 1.97. The lowest BCUT2D eigenvalue weighted by Gasteiger charge is -2.09. The van der Waals surface area contributed by atoms with Crippen molar-refractivity contribution in [2.45, 2.75) is 13.0 Å². The molecule has 0 aromatic heterocycles. The first-order valence-electron chi connectivity index (χ1n) is 2.45. The Hall–Kier alpha value is -0.750. The van der Waals surface area contributed by atoms with Gasteiger partial charge < -0.3 is 10.0 Å². The first kappa shape index (κ1) is 7.25. The summed E-state index contributed by atoms with van der Waals surface area (Å²) >= 11 is 0. The molecule has 0 rings (SSSR count). The van der Waals surface area contributed by atoms with E-state index in [0.717, 1.165) is 0 Å². The van der Waals surface area contributed by atoms with Crippen LogP contribution in [0.25, 0.3) is 0 Å². The van der Waals surface area contributed by atoms with Crippen LogP contribution in [0.15, 0.2) is 0 Å². The Morgan fingerprint density at radius 3 is 2.50 bits per heavy atom. The average molecular weight is 114 g/mol. The second-order valence-electron chi connectivity index (χ2n) is 1.83. The summed E-state index contributed by atoms with van der Waals surface area (Å²) in [5, 5.41) is 16.8. The van der Waals surface area contributed by atoms with E-state index in [9.17, 15) is 0 Å². The van der Waals surface area contributed by atoms with Crippen molar-refractivity contribution >= 4 is 0 Å². The largest absolute Gasteiger partial charge is 0.392 e. The van der Waals surface area contributed by atoms with Crippen molar-refractivity contribution in [1.29, 1.82) is 5.26 Å². The van der Waals surface area contributed by atoms with Crippen LogP contribution in [0.3, 0.4) is 0 Å². The van der Waals surface area contributed by atoms with Gasteiger partial charge in [0.25, 0.3) is 0 Å². The monoisotopic (exact) mass is 114 g/mol. The van der Waals surface area contributed by atoms with Crippen LogP contribution in [0, 0.1) is 11.5 Å². The van der Waals surface area contributed by atoms with E-state index in [0.29, 0.717) is 6.54 Å². The van der Waals surface area contributed by atoms with Crippen molar-refractivity contribution < 1.29 is 5.11 Å². The number of aliphatic hydroxyl groups excluding tert-OH is 1. The maximum Gasteiger partial charge on any atom is 0.179 e. The second-order valence-corrected chi connectivity index (χ2v) is 1.83. The summed E-state index contributed by atoms with van der Waals surface area (Å²) in [6, 6.07) is 0. The average Bonchev–Trinajstić information content (AvgIpc) is 1.65. The minimum absolute atomic E-state index is 0.413. The summed E-state index contributed by atoms with van der Waals surface area (Å²) in [5.74, 6) is 0. The van der Waals surface area contributed by atoms with Gasteiger partial charge in [-0.1, -0.05) is 0 Å². The van der Waals surface area contributed by atoms with Gasteiger partial charge in [-0.15, -0.1) is 0 Å². The zero-order chi connectivity index (χ0) is 6.57. The fourth-order valence-corrected chi connectivity index (χ4v) is 0.437. The first-order valence-corrected chi connectivity index (χ1v) is 2.45. The van der Waals surface area contributed by atoms with E-state index in [2.05, 4.69) is 0 Å². The quantitative estimate of drug-likeness (QED) is 0.399. The highest BCUT2D eigenvalue weighted by Crippen LogP contribution is 1.82. The lowest BCUT2D eigenvalue weighted by Crippen LogP contribution is -2.22.